The van der Waals surface area contributed by atoms with Crippen LogP contribution in [0.4, 0.5) is 11.5 Å². The maximum absolute atomic E-state index is 11.6. The highest BCUT2D eigenvalue weighted by Gasteiger charge is 2.22. The number of hydrogen-bond donors (Lipinski definition) is 1. The van der Waals surface area contributed by atoms with Crippen LogP contribution >= 0.6 is 0 Å². The molecule has 1 fully saturated rings. The third kappa shape index (κ3) is 6.63. The minimum atomic E-state index is -0.453. The molecule has 10 heteroatoms. The summed E-state index contributed by atoms with van der Waals surface area (Å²) in [6, 6.07) is 3.98. The number of hydrogen-bond acceptors (Lipinski definition) is 7. The molecular formula is C17H30N8O2. The summed E-state index contributed by atoms with van der Waals surface area (Å²) in [5, 5.41) is 25.2. The van der Waals surface area contributed by atoms with Gasteiger partial charge in [0.2, 0.25) is 0 Å². The van der Waals surface area contributed by atoms with Crippen molar-refractivity contribution >= 4 is 11.5 Å². The highest BCUT2D eigenvalue weighted by atomic mass is 16.8. The van der Waals surface area contributed by atoms with Gasteiger partial charge in [0.1, 0.15) is 11.4 Å². The largest absolute Gasteiger partial charge is 0.570 e. The van der Waals surface area contributed by atoms with Crippen molar-refractivity contribution in [3.05, 3.63) is 23.5 Å². The number of anilines is 2. The van der Waals surface area contributed by atoms with Crippen LogP contribution in [-0.4, -0.2) is 48.3 Å². The highest BCUT2D eigenvalue weighted by Crippen LogP contribution is 2.22. The summed E-state index contributed by atoms with van der Waals surface area (Å²) in [5.74, 6) is 0.919. The van der Waals surface area contributed by atoms with Gasteiger partial charge < -0.3 is 10.1 Å². The van der Waals surface area contributed by atoms with E-state index in [1.165, 1.54) is 0 Å². The lowest BCUT2D eigenvalue weighted by atomic mass is 10.1. The van der Waals surface area contributed by atoms with Crippen molar-refractivity contribution in [1.82, 2.24) is 10.6 Å². The summed E-state index contributed by atoms with van der Waals surface area (Å²) in [6.07, 6.45) is 3.37. The Kier molecular flexibility index (Phi) is 7.28. The predicted molar refractivity (Wildman–Crippen MR) is 103 cm³/mol. The van der Waals surface area contributed by atoms with Crippen LogP contribution in [0.2, 0.25) is 0 Å². The fourth-order valence-electron chi connectivity index (χ4n) is 2.74. The fourth-order valence-corrected chi connectivity index (χ4v) is 2.74. The van der Waals surface area contributed by atoms with Crippen molar-refractivity contribution in [2.45, 2.75) is 52.2 Å². The van der Waals surface area contributed by atoms with Crippen molar-refractivity contribution < 1.29 is 9.81 Å². The molecule has 1 aromatic rings. The second kappa shape index (κ2) is 9.45. The SMILES string of the molecule is CCN(N=NC)c1ccc(N2CCC(ON[N+]([O-])=NC(C)(C)C)CC2)nc1. The van der Waals surface area contributed by atoms with E-state index in [0.717, 1.165) is 44.0 Å². The first kappa shape index (κ1) is 20.8. The fraction of sp³-hybridized carbons (Fsp3) is 0.706. The Bertz CT molecular complexity index is 633. The minimum Gasteiger partial charge on any atom is -0.570 e. The van der Waals surface area contributed by atoms with Crippen LogP contribution in [0.25, 0.3) is 0 Å². The monoisotopic (exact) mass is 378 g/mol. The quantitative estimate of drug-likeness (QED) is 0.444. The van der Waals surface area contributed by atoms with Gasteiger partial charge in [0.15, 0.2) is 0 Å². The first-order valence-electron chi connectivity index (χ1n) is 9.22. The molecule has 0 aliphatic carbocycles. The lowest BCUT2D eigenvalue weighted by Gasteiger charge is -2.32. The summed E-state index contributed by atoms with van der Waals surface area (Å²) in [5.41, 5.74) is 2.81. The van der Waals surface area contributed by atoms with Crippen molar-refractivity contribution in [1.29, 1.82) is 0 Å². The Morgan fingerprint density at radius 1 is 1.37 bits per heavy atom. The number of aromatic nitrogens is 1. The van der Waals surface area contributed by atoms with Crippen LogP contribution in [0.5, 0.6) is 0 Å². The molecule has 1 N–H and O–H groups in total. The summed E-state index contributed by atoms with van der Waals surface area (Å²) in [6.45, 7) is 9.90. The summed E-state index contributed by atoms with van der Waals surface area (Å²) in [4.78, 5) is 12.6. The standard InChI is InChI=1S/C17H30N8O2/c1-6-24(21-18-5)14-7-8-16(19-13-14)23-11-9-15(10-12-23)27-22-25(26)20-17(2,3)4/h7-8,13,15H,6,9-12H2,1-5H3,(H,20,22). The Morgan fingerprint density at radius 2 is 2.07 bits per heavy atom. The number of rotatable bonds is 7. The predicted octanol–water partition coefficient (Wildman–Crippen LogP) is 3.07. The number of hydrazine groups is 1. The molecule has 1 aliphatic rings. The molecule has 0 radical (unpaired) electrons. The van der Waals surface area contributed by atoms with Crippen LogP contribution in [0.15, 0.2) is 33.8 Å². The smallest absolute Gasteiger partial charge is 0.128 e. The zero-order valence-electron chi connectivity index (χ0n) is 16.8. The lowest BCUT2D eigenvalue weighted by Crippen LogP contribution is -2.41. The van der Waals surface area contributed by atoms with Gasteiger partial charge in [0.25, 0.3) is 0 Å². The summed E-state index contributed by atoms with van der Waals surface area (Å²) in [7, 11) is 1.65. The van der Waals surface area contributed by atoms with E-state index in [0.29, 0.717) is 4.97 Å². The minimum absolute atomic E-state index is 0.0345. The van der Waals surface area contributed by atoms with Crippen LogP contribution in [-0.2, 0) is 4.84 Å². The highest BCUT2D eigenvalue weighted by molar-refractivity contribution is 5.50. The third-order valence-electron chi connectivity index (χ3n) is 3.98. The van der Waals surface area contributed by atoms with Crippen molar-refractivity contribution in [3.8, 4) is 0 Å². The molecular weight excluding hydrogens is 348 g/mol. The molecule has 10 nitrogen and oxygen atoms in total. The van der Waals surface area contributed by atoms with E-state index in [1.54, 1.807) is 18.3 Å². The van der Waals surface area contributed by atoms with Crippen molar-refractivity contribution in [3.63, 3.8) is 0 Å². The van der Waals surface area contributed by atoms with Gasteiger partial charge in [-0.3, -0.25) is 0 Å². The van der Waals surface area contributed by atoms with E-state index in [-0.39, 0.29) is 6.10 Å². The molecule has 27 heavy (non-hydrogen) atoms. The molecule has 1 aliphatic heterocycles. The molecule has 0 atom stereocenters. The average molecular weight is 378 g/mol. The Hall–Kier alpha value is -2.49. The van der Waals surface area contributed by atoms with Crippen LogP contribution < -0.4 is 15.5 Å². The van der Waals surface area contributed by atoms with Crippen molar-refractivity contribution in [2.75, 3.05) is 36.6 Å². The van der Waals surface area contributed by atoms with Gasteiger partial charge in [0, 0.05) is 24.7 Å². The Balaban J connectivity index is 1.84. The lowest BCUT2D eigenvalue weighted by molar-refractivity contribution is -0.653. The molecule has 0 aromatic carbocycles. The van der Waals surface area contributed by atoms with Crippen LogP contribution in [0.1, 0.15) is 40.5 Å². The molecule has 0 amide bonds. The zero-order valence-corrected chi connectivity index (χ0v) is 16.8. The normalized spacial score (nSPS) is 16.8. The molecule has 1 saturated heterocycles. The van der Waals surface area contributed by atoms with E-state index in [9.17, 15) is 5.21 Å². The first-order chi connectivity index (χ1) is 12.8. The van der Waals surface area contributed by atoms with E-state index in [4.69, 9.17) is 4.84 Å². The Labute approximate surface area is 160 Å². The van der Waals surface area contributed by atoms with Gasteiger partial charge in [-0.2, -0.15) is 5.11 Å². The summed E-state index contributed by atoms with van der Waals surface area (Å²) >= 11 is 0. The van der Waals surface area contributed by atoms with E-state index in [2.05, 4.69) is 30.9 Å². The van der Waals surface area contributed by atoms with Gasteiger partial charge >= 0.3 is 0 Å². The summed E-state index contributed by atoms with van der Waals surface area (Å²) < 4.78 is 0. The number of nitrogens with zero attached hydrogens (tertiary/aromatic N) is 7. The van der Waals surface area contributed by atoms with Crippen molar-refractivity contribution in [2.24, 2.45) is 15.5 Å². The Morgan fingerprint density at radius 3 is 2.59 bits per heavy atom. The molecule has 0 bridgehead atoms. The first-order valence-corrected chi connectivity index (χ1v) is 9.22. The van der Waals surface area contributed by atoms with E-state index in [1.807, 2.05) is 39.8 Å². The molecule has 0 saturated carbocycles. The van der Waals surface area contributed by atoms with Gasteiger partial charge in [-0.1, -0.05) is 5.22 Å². The van der Waals surface area contributed by atoms with Gasteiger partial charge in [0.05, 0.1) is 30.0 Å². The maximum Gasteiger partial charge on any atom is 0.128 e. The molecule has 2 rings (SSSR count). The van der Waals surface area contributed by atoms with Gasteiger partial charge in [-0.25, -0.2) is 14.8 Å². The molecule has 0 unspecified atom stereocenters. The molecule has 1 aromatic heterocycles. The zero-order chi connectivity index (χ0) is 19.9. The van der Waals surface area contributed by atoms with Gasteiger partial charge in [-0.05, 0) is 58.3 Å². The molecule has 150 valence electrons. The number of nitrogens with one attached hydrogen (secondary N) is 1. The van der Waals surface area contributed by atoms with E-state index >= 15 is 0 Å². The maximum atomic E-state index is 11.6. The number of pyridine rings is 1. The topological polar surface area (TPSA) is 104 Å². The second-order valence-electron chi connectivity index (χ2n) is 7.32. The second-order valence-corrected chi connectivity index (χ2v) is 7.32. The average Bonchev–Trinajstić information content (AvgIpc) is 2.64. The number of piperidine rings is 1. The molecule has 2 heterocycles. The van der Waals surface area contributed by atoms with Gasteiger partial charge in [-0.15, -0.1) is 0 Å². The molecule has 0 spiro atoms. The van der Waals surface area contributed by atoms with Crippen LogP contribution in [0, 0.1) is 5.21 Å². The third-order valence-corrected chi connectivity index (χ3v) is 3.98. The van der Waals surface area contributed by atoms with Crippen LogP contribution in [0.3, 0.4) is 0 Å². The van der Waals surface area contributed by atoms with E-state index < -0.39 is 5.54 Å².